The van der Waals surface area contributed by atoms with Crippen molar-refractivity contribution in [3.05, 3.63) is 0 Å². The van der Waals surface area contributed by atoms with E-state index in [1.165, 1.54) is 83.5 Å². The molecule has 0 aromatic carbocycles. The van der Waals surface area contributed by atoms with E-state index in [2.05, 4.69) is 27.7 Å². The van der Waals surface area contributed by atoms with Crippen molar-refractivity contribution >= 4 is 8.56 Å². The van der Waals surface area contributed by atoms with Crippen molar-refractivity contribution in [1.82, 2.24) is 0 Å². The Morgan fingerprint density at radius 2 is 0.792 bits per heavy atom. The molecule has 2 nitrogen and oxygen atoms in total. The first kappa shape index (κ1) is 24.1. The van der Waals surface area contributed by atoms with Crippen LogP contribution in [0.4, 0.5) is 0 Å². The molecule has 0 fully saturated rings. The summed E-state index contributed by atoms with van der Waals surface area (Å²) in [5, 5.41) is 0. The van der Waals surface area contributed by atoms with Crippen molar-refractivity contribution in [3.63, 3.8) is 0 Å². The lowest BCUT2D eigenvalue weighted by Gasteiger charge is -2.29. The highest BCUT2D eigenvalue weighted by Gasteiger charge is 2.33. The van der Waals surface area contributed by atoms with E-state index in [1.54, 1.807) is 0 Å². The van der Waals surface area contributed by atoms with Crippen LogP contribution in [0.25, 0.3) is 0 Å². The van der Waals surface area contributed by atoms with Gasteiger partial charge in [0.2, 0.25) is 0 Å². The fraction of sp³-hybridized carbons (Fsp3) is 1.00. The fourth-order valence-corrected chi connectivity index (χ4v) is 5.59. The molecular formula is C21H46O2Si. The monoisotopic (exact) mass is 358 g/mol. The normalized spacial score (nSPS) is 12.0. The van der Waals surface area contributed by atoms with Crippen molar-refractivity contribution in [3.8, 4) is 0 Å². The zero-order chi connectivity index (χ0) is 17.9. The number of hydrogen-bond acceptors (Lipinski definition) is 2. The van der Waals surface area contributed by atoms with E-state index in [1.807, 2.05) is 0 Å². The van der Waals surface area contributed by atoms with Crippen molar-refractivity contribution in [2.45, 2.75) is 123 Å². The van der Waals surface area contributed by atoms with Crippen LogP contribution >= 0.6 is 0 Å². The first-order valence-electron chi connectivity index (χ1n) is 11.0. The van der Waals surface area contributed by atoms with Gasteiger partial charge in [-0.1, -0.05) is 98.3 Å². The summed E-state index contributed by atoms with van der Waals surface area (Å²) >= 11 is 0. The molecule has 0 aromatic heterocycles. The topological polar surface area (TPSA) is 18.5 Å². The van der Waals surface area contributed by atoms with E-state index in [0.717, 1.165) is 25.3 Å². The standard InChI is InChI=1S/C21H46O2Si/c1-5-9-11-13-14-15-17-19-21-23-24(7-3,8-4)22-20-18-16-12-10-6-2/h5-21H2,1-4H3. The average Bonchev–Trinajstić information content (AvgIpc) is 2.61. The lowest BCUT2D eigenvalue weighted by atomic mass is 10.1. The van der Waals surface area contributed by atoms with Gasteiger partial charge in [0.25, 0.3) is 0 Å². The first-order valence-corrected chi connectivity index (χ1v) is 13.3. The zero-order valence-corrected chi connectivity index (χ0v) is 18.3. The first-order chi connectivity index (χ1) is 11.7. The molecule has 0 saturated heterocycles. The molecule has 3 heteroatoms. The van der Waals surface area contributed by atoms with E-state index in [-0.39, 0.29) is 0 Å². The minimum Gasteiger partial charge on any atom is -0.394 e. The summed E-state index contributed by atoms with van der Waals surface area (Å²) < 4.78 is 12.6. The van der Waals surface area contributed by atoms with Crippen LogP contribution in [0.3, 0.4) is 0 Å². The molecule has 0 rings (SSSR count). The fourth-order valence-electron chi connectivity index (χ4n) is 3.16. The van der Waals surface area contributed by atoms with Gasteiger partial charge in [-0.3, -0.25) is 0 Å². The van der Waals surface area contributed by atoms with E-state index >= 15 is 0 Å². The largest absolute Gasteiger partial charge is 0.394 e. The number of hydrogen-bond donors (Lipinski definition) is 0. The molecule has 0 bridgehead atoms. The Morgan fingerprint density at radius 3 is 1.12 bits per heavy atom. The molecule has 0 aliphatic heterocycles. The smallest absolute Gasteiger partial charge is 0.337 e. The van der Waals surface area contributed by atoms with Crippen LogP contribution in [-0.4, -0.2) is 21.8 Å². The van der Waals surface area contributed by atoms with Gasteiger partial charge in [-0.25, -0.2) is 0 Å². The highest BCUT2D eigenvalue weighted by molar-refractivity contribution is 6.67. The van der Waals surface area contributed by atoms with Gasteiger partial charge in [0, 0.05) is 13.2 Å². The Hall–Kier alpha value is 0.137. The molecule has 0 amide bonds. The molecule has 0 saturated carbocycles. The Bertz CT molecular complexity index is 242. The van der Waals surface area contributed by atoms with E-state index in [9.17, 15) is 0 Å². The summed E-state index contributed by atoms with van der Waals surface area (Å²) in [6.07, 6.45) is 17.4. The lowest BCUT2D eigenvalue weighted by molar-refractivity contribution is 0.163. The molecule has 0 radical (unpaired) electrons. The van der Waals surface area contributed by atoms with Crippen LogP contribution < -0.4 is 0 Å². The molecule has 0 heterocycles. The molecule has 24 heavy (non-hydrogen) atoms. The Balaban J connectivity index is 3.69. The van der Waals surface area contributed by atoms with Gasteiger partial charge in [-0.15, -0.1) is 0 Å². The highest BCUT2D eigenvalue weighted by atomic mass is 28.4. The highest BCUT2D eigenvalue weighted by Crippen LogP contribution is 2.20. The van der Waals surface area contributed by atoms with Crippen molar-refractivity contribution in [2.24, 2.45) is 0 Å². The maximum absolute atomic E-state index is 6.32. The lowest BCUT2D eigenvalue weighted by Crippen LogP contribution is -2.41. The number of unbranched alkanes of at least 4 members (excludes halogenated alkanes) is 11. The van der Waals surface area contributed by atoms with Gasteiger partial charge < -0.3 is 8.85 Å². The SMILES string of the molecule is CCCCCCCCCCO[Si](CC)(CC)OCCCCCCC. The minimum absolute atomic E-state index is 0.912. The molecular weight excluding hydrogens is 312 g/mol. The van der Waals surface area contributed by atoms with E-state index < -0.39 is 8.56 Å². The Morgan fingerprint density at radius 1 is 0.458 bits per heavy atom. The minimum atomic E-state index is -1.90. The van der Waals surface area contributed by atoms with Gasteiger partial charge in [-0.05, 0) is 24.9 Å². The molecule has 0 atom stereocenters. The molecule has 0 aliphatic carbocycles. The van der Waals surface area contributed by atoms with Gasteiger partial charge in [0.15, 0.2) is 0 Å². The summed E-state index contributed by atoms with van der Waals surface area (Å²) in [5.41, 5.74) is 0. The predicted octanol–water partition coefficient (Wildman–Crippen LogP) is 7.61. The third-order valence-corrected chi connectivity index (χ3v) is 8.67. The van der Waals surface area contributed by atoms with E-state index in [4.69, 9.17) is 8.85 Å². The van der Waals surface area contributed by atoms with Gasteiger partial charge in [-0.2, -0.15) is 0 Å². The molecule has 0 spiro atoms. The van der Waals surface area contributed by atoms with Gasteiger partial charge in [0.05, 0.1) is 0 Å². The van der Waals surface area contributed by atoms with Crippen LogP contribution in [0.5, 0.6) is 0 Å². The maximum Gasteiger partial charge on any atom is 0.337 e. The molecule has 0 N–H and O–H groups in total. The Labute approximate surface area is 154 Å². The van der Waals surface area contributed by atoms with Crippen LogP contribution in [0.2, 0.25) is 12.1 Å². The summed E-state index contributed by atoms with van der Waals surface area (Å²) in [7, 11) is -1.90. The van der Waals surface area contributed by atoms with Crippen LogP contribution in [0, 0.1) is 0 Å². The zero-order valence-electron chi connectivity index (χ0n) is 17.3. The second kappa shape index (κ2) is 17.9. The molecule has 0 unspecified atom stereocenters. The second-order valence-electron chi connectivity index (χ2n) is 7.20. The predicted molar refractivity (Wildman–Crippen MR) is 110 cm³/mol. The quantitative estimate of drug-likeness (QED) is 0.175. The molecule has 0 aromatic rings. The summed E-state index contributed by atoms with van der Waals surface area (Å²) in [6.45, 7) is 10.9. The van der Waals surface area contributed by atoms with Crippen LogP contribution in [0.15, 0.2) is 0 Å². The number of rotatable bonds is 19. The Kier molecular flexibility index (Phi) is 18.0. The van der Waals surface area contributed by atoms with Gasteiger partial charge in [0.1, 0.15) is 0 Å². The average molecular weight is 359 g/mol. The van der Waals surface area contributed by atoms with Crippen molar-refractivity contribution in [2.75, 3.05) is 13.2 Å². The van der Waals surface area contributed by atoms with E-state index in [0.29, 0.717) is 0 Å². The van der Waals surface area contributed by atoms with Crippen LogP contribution in [0.1, 0.15) is 111 Å². The molecule has 0 aliphatic rings. The maximum atomic E-state index is 6.32. The van der Waals surface area contributed by atoms with Crippen molar-refractivity contribution in [1.29, 1.82) is 0 Å². The van der Waals surface area contributed by atoms with Gasteiger partial charge >= 0.3 is 8.56 Å². The van der Waals surface area contributed by atoms with Crippen molar-refractivity contribution < 1.29 is 8.85 Å². The summed E-state index contributed by atoms with van der Waals surface area (Å²) in [6, 6.07) is 2.19. The molecule has 146 valence electrons. The second-order valence-corrected chi connectivity index (χ2v) is 11.0. The third-order valence-electron chi connectivity index (χ3n) is 5.05. The third kappa shape index (κ3) is 13.4. The summed E-state index contributed by atoms with van der Waals surface area (Å²) in [5.74, 6) is 0. The summed E-state index contributed by atoms with van der Waals surface area (Å²) in [4.78, 5) is 0. The van der Waals surface area contributed by atoms with Crippen LogP contribution in [-0.2, 0) is 8.85 Å².